The van der Waals surface area contributed by atoms with Crippen LogP contribution in [0.4, 0.5) is 5.69 Å². The van der Waals surface area contributed by atoms with E-state index in [2.05, 4.69) is 54.7 Å². The molecule has 6 atom stereocenters. The number of hydrogen-bond donors (Lipinski definition) is 1. The highest BCUT2D eigenvalue weighted by atomic mass is 32.2. The lowest BCUT2D eigenvalue weighted by molar-refractivity contribution is -0.149. The zero-order valence-corrected chi connectivity index (χ0v) is 31.7. The van der Waals surface area contributed by atoms with Crippen LogP contribution in [0.3, 0.4) is 0 Å². The number of carbonyl (C=O) groups is 3. The van der Waals surface area contributed by atoms with E-state index in [1.54, 1.807) is 33.7 Å². The Kier molecular flexibility index (Phi) is 10.7. The van der Waals surface area contributed by atoms with Crippen LogP contribution in [-0.2, 0) is 14.4 Å². The van der Waals surface area contributed by atoms with E-state index in [9.17, 15) is 9.90 Å². The topological polar surface area (TPSA) is 90.4 Å². The van der Waals surface area contributed by atoms with Crippen LogP contribution in [0.5, 0.6) is 5.75 Å². The van der Waals surface area contributed by atoms with Gasteiger partial charge in [-0.3, -0.25) is 14.4 Å². The maximum Gasteiger partial charge on any atom is 0.247 e. The second-order valence-electron chi connectivity index (χ2n) is 16.0. The minimum absolute atomic E-state index is 0.0755. The van der Waals surface area contributed by atoms with E-state index in [4.69, 9.17) is 4.74 Å². The molecule has 8 nitrogen and oxygen atoms in total. The van der Waals surface area contributed by atoms with Crippen LogP contribution in [0, 0.1) is 17.3 Å². The quantitative estimate of drug-likeness (QED) is 0.213. The molecule has 3 saturated heterocycles. The van der Waals surface area contributed by atoms with Gasteiger partial charge in [0.2, 0.25) is 17.7 Å². The van der Waals surface area contributed by atoms with E-state index < -0.39 is 39.0 Å². The first-order valence-electron chi connectivity index (χ1n) is 17.8. The van der Waals surface area contributed by atoms with E-state index in [0.717, 1.165) is 12.0 Å². The summed E-state index contributed by atoms with van der Waals surface area (Å²) >= 11 is 1.64. The average Bonchev–Trinajstić information content (AvgIpc) is 3.63. The van der Waals surface area contributed by atoms with Gasteiger partial charge >= 0.3 is 0 Å². The van der Waals surface area contributed by atoms with Gasteiger partial charge in [0.1, 0.15) is 11.8 Å². The van der Waals surface area contributed by atoms with Crippen molar-refractivity contribution in [3.05, 3.63) is 85.5 Å². The SMILES string of the molecule is C=CCN(C(=O)[C@@H]1[C@H]2C(=O)N([C@H](CO)c3ccccc3)C(C(=O)N(CC=C)C(C)(C)CC(C)(C)C)C23CC[C@@]1(C)S3)c1ccc(OCC)cc1. The van der Waals surface area contributed by atoms with Crippen LogP contribution in [0.1, 0.15) is 79.3 Å². The molecule has 3 heterocycles. The molecule has 5 rings (SSSR count). The summed E-state index contributed by atoms with van der Waals surface area (Å²) in [6.45, 7) is 23.3. The number of aliphatic hydroxyl groups excluding tert-OH is 1. The second kappa shape index (κ2) is 14.2. The Balaban J connectivity index is 1.65. The second-order valence-corrected chi connectivity index (χ2v) is 17.9. The Morgan fingerprint density at radius 1 is 1.02 bits per heavy atom. The third-order valence-electron chi connectivity index (χ3n) is 10.7. The Morgan fingerprint density at radius 3 is 2.22 bits per heavy atom. The molecule has 3 aliphatic heterocycles. The summed E-state index contributed by atoms with van der Waals surface area (Å²) in [5.41, 5.74) is 0.798. The molecule has 0 aromatic heterocycles. The van der Waals surface area contributed by atoms with Crippen molar-refractivity contribution in [1.29, 1.82) is 0 Å². The summed E-state index contributed by atoms with van der Waals surface area (Å²) in [5.74, 6) is -1.31. The Hall–Kier alpha value is -3.56. The van der Waals surface area contributed by atoms with Gasteiger partial charge in [0.05, 0.1) is 35.8 Å². The molecule has 270 valence electrons. The summed E-state index contributed by atoms with van der Waals surface area (Å²) < 4.78 is 4.22. The van der Waals surface area contributed by atoms with Gasteiger partial charge in [-0.15, -0.1) is 24.9 Å². The van der Waals surface area contributed by atoms with Gasteiger partial charge in [-0.1, -0.05) is 63.3 Å². The zero-order chi connectivity index (χ0) is 36.6. The molecule has 1 N–H and O–H groups in total. The summed E-state index contributed by atoms with van der Waals surface area (Å²) in [6, 6.07) is 15.2. The molecule has 2 unspecified atom stereocenters. The molecule has 9 heteroatoms. The van der Waals surface area contributed by atoms with Crippen molar-refractivity contribution in [2.75, 3.05) is 31.2 Å². The first kappa shape index (κ1) is 37.7. The fraction of sp³-hybridized carbons (Fsp3) is 0.537. The number of ether oxygens (including phenoxy) is 1. The Labute approximate surface area is 302 Å². The fourth-order valence-electron chi connectivity index (χ4n) is 9.20. The highest BCUT2D eigenvalue weighted by molar-refractivity contribution is 8.02. The van der Waals surface area contributed by atoms with E-state index in [-0.39, 0.29) is 36.3 Å². The largest absolute Gasteiger partial charge is 0.494 e. The molecule has 2 aromatic rings. The normalized spacial score (nSPS) is 26.4. The van der Waals surface area contributed by atoms with Crippen LogP contribution >= 0.6 is 11.8 Å². The third kappa shape index (κ3) is 6.63. The summed E-state index contributed by atoms with van der Waals surface area (Å²) in [7, 11) is 0. The summed E-state index contributed by atoms with van der Waals surface area (Å²) in [4.78, 5) is 50.8. The van der Waals surface area contributed by atoms with Crippen molar-refractivity contribution in [3.8, 4) is 5.75 Å². The molecule has 1 spiro atoms. The molecule has 0 aliphatic carbocycles. The number of carbonyl (C=O) groups excluding carboxylic acids is 3. The zero-order valence-electron chi connectivity index (χ0n) is 30.9. The van der Waals surface area contributed by atoms with Crippen molar-refractivity contribution in [2.45, 2.75) is 94.8 Å². The Bertz CT molecular complexity index is 1590. The summed E-state index contributed by atoms with van der Waals surface area (Å²) in [5, 5.41) is 11.0. The number of fused-ring (bicyclic) bond motifs is 1. The van der Waals surface area contributed by atoms with Crippen LogP contribution in [0.15, 0.2) is 79.9 Å². The van der Waals surface area contributed by atoms with Gasteiger partial charge in [-0.2, -0.15) is 0 Å². The number of anilines is 1. The number of thioether (sulfide) groups is 1. The van der Waals surface area contributed by atoms with Gasteiger partial charge in [0.25, 0.3) is 0 Å². The Morgan fingerprint density at radius 2 is 1.66 bits per heavy atom. The van der Waals surface area contributed by atoms with Crippen molar-refractivity contribution >= 4 is 35.2 Å². The number of amides is 3. The van der Waals surface area contributed by atoms with Gasteiger partial charge in [0.15, 0.2) is 0 Å². The third-order valence-corrected chi connectivity index (χ3v) is 12.7. The monoisotopic (exact) mass is 701 g/mol. The minimum Gasteiger partial charge on any atom is -0.494 e. The molecule has 0 saturated carbocycles. The predicted molar refractivity (Wildman–Crippen MR) is 202 cm³/mol. The number of benzene rings is 2. The molecule has 50 heavy (non-hydrogen) atoms. The molecule has 2 bridgehead atoms. The van der Waals surface area contributed by atoms with Crippen LogP contribution in [-0.4, -0.2) is 80.0 Å². The summed E-state index contributed by atoms with van der Waals surface area (Å²) in [6.07, 6.45) is 5.46. The van der Waals surface area contributed by atoms with Crippen molar-refractivity contribution in [3.63, 3.8) is 0 Å². The maximum absolute atomic E-state index is 15.4. The van der Waals surface area contributed by atoms with Crippen molar-refractivity contribution in [2.24, 2.45) is 17.3 Å². The lowest BCUT2D eigenvalue weighted by atomic mass is 9.66. The first-order valence-corrected chi connectivity index (χ1v) is 18.7. The number of aliphatic hydroxyl groups is 1. The molecule has 2 aromatic carbocycles. The molecule has 3 amide bonds. The maximum atomic E-state index is 15.4. The van der Waals surface area contributed by atoms with Gasteiger partial charge in [0, 0.05) is 29.1 Å². The number of likely N-dealkylation sites (tertiary alicyclic amines) is 1. The van der Waals surface area contributed by atoms with E-state index in [1.165, 1.54) is 0 Å². The molecule has 3 fully saturated rings. The van der Waals surface area contributed by atoms with Gasteiger partial charge in [-0.05, 0) is 82.2 Å². The molecular formula is C41H55N3O5S. The standard InChI is InChI=1S/C41H55N3O5S/c1-10-24-42(29-18-20-30(21-19-29)49-12-3)35(46)32-33-36(47)44(31(26-45)28-16-14-13-15-17-28)34(41(33)23-22-40(32,9)50-41)37(48)43(25-11-2)39(7,8)27-38(4,5)6/h10-11,13-21,31-34,45H,1-2,12,22-27H2,3-9H3/t31-,32+,33+,34?,40-,41?/m1/s1. The number of hydrogen-bond acceptors (Lipinski definition) is 6. The predicted octanol–water partition coefficient (Wildman–Crippen LogP) is 7.05. The fourth-order valence-corrected chi connectivity index (χ4v) is 11.5. The van der Waals surface area contributed by atoms with Gasteiger partial charge < -0.3 is 24.5 Å². The minimum atomic E-state index is -0.889. The molecular weight excluding hydrogens is 647 g/mol. The van der Waals surface area contributed by atoms with Crippen LogP contribution in [0.25, 0.3) is 0 Å². The van der Waals surface area contributed by atoms with Crippen LogP contribution in [0.2, 0.25) is 0 Å². The van der Waals surface area contributed by atoms with Gasteiger partial charge in [-0.25, -0.2) is 0 Å². The van der Waals surface area contributed by atoms with E-state index >= 15 is 9.59 Å². The lowest BCUT2D eigenvalue weighted by Crippen LogP contribution is -2.60. The van der Waals surface area contributed by atoms with Crippen molar-refractivity contribution in [1.82, 2.24) is 9.80 Å². The molecule has 0 radical (unpaired) electrons. The first-order chi connectivity index (χ1) is 23.6. The average molecular weight is 702 g/mol. The smallest absolute Gasteiger partial charge is 0.247 e. The highest BCUT2D eigenvalue weighted by Crippen LogP contribution is 2.72. The van der Waals surface area contributed by atoms with E-state index in [0.29, 0.717) is 37.4 Å². The van der Waals surface area contributed by atoms with E-state index in [1.807, 2.05) is 66.4 Å². The highest BCUT2D eigenvalue weighted by Gasteiger charge is 2.78. The number of rotatable bonds is 14. The molecule has 3 aliphatic rings. The lowest BCUT2D eigenvalue weighted by Gasteiger charge is -2.46. The van der Waals surface area contributed by atoms with Crippen LogP contribution < -0.4 is 9.64 Å². The number of nitrogens with zero attached hydrogens (tertiary/aromatic N) is 3. The van der Waals surface area contributed by atoms with Crippen molar-refractivity contribution < 1.29 is 24.2 Å².